The molecule has 0 aromatic carbocycles. The summed E-state index contributed by atoms with van der Waals surface area (Å²) in [6, 6.07) is 0. The molecule has 10 heavy (non-hydrogen) atoms. The van der Waals surface area contributed by atoms with Gasteiger partial charge in [0.1, 0.15) is 0 Å². The van der Waals surface area contributed by atoms with Gasteiger partial charge in [0.15, 0.2) is 0 Å². The Morgan fingerprint density at radius 3 is 2.70 bits per heavy atom. The molecule has 1 aliphatic heterocycles. The Bertz CT molecular complexity index is 165. The summed E-state index contributed by atoms with van der Waals surface area (Å²) in [5.41, 5.74) is 0. The van der Waals surface area contributed by atoms with Gasteiger partial charge in [0.05, 0.1) is 0 Å². The zero-order chi connectivity index (χ0) is 7.56. The second kappa shape index (κ2) is 2.82. The van der Waals surface area contributed by atoms with Gasteiger partial charge >= 0.3 is 0 Å². The zero-order valence-corrected chi connectivity index (χ0v) is 6.09. The fourth-order valence-corrected chi connectivity index (χ4v) is 1.06. The number of Topliss-reactive ketones (excluding diaryl/α,β-unsaturated/α-hetero) is 1. The van der Waals surface area contributed by atoms with Crippen LogP contribution in [-0.2, 0) is 9.59 Å². The Kier molecular flexibility index (Phi) is 2.04. The SMILES string of the molecule is CN1CCCCC(=O)C1=O. The second-order valence-electron chi connectivity index (χ2n) is 2.61. The van der Waals surface area contributed by atoms with Crippen molar-refractivity contribution in [3.05, 3.63) is 0 Å². The molecule has 0 unspecified atom stereocenters. The molecule has 0 radical (unpaired) electrons. The van der Waals surface area contributed by atoms with Crippen LogP contribution < -0.4 is 0 Å². The maximum absolute atomic E-state index is 10.9. The van der Waals surface area contributed by atoms with E-state index in [4.69, 9.17) is 0 Å². The Morgan fingerprint density at radius 1 is 1.30 bits per heavy atom. The third-order valence-corrected chi connectivity index (χ3v) is 1.73. The molecule has 1 amide bonds. The smallest absolute Gasteiger partial charge is 0.289 e. The fraction of sp³-hybridized carbons (Fsp3) is 0.714. The average molecular weight is 141 g/mol. The predicted octanol–water partition coefficient (Wildman–Crippen LogP) is 0.198. The van der Waals surface area contributed by atoms with Crippen LogP contribution in [0.3, 0.4) is 0 Å². The van der Waals surface area contributed by atoms with E-state index >= 15 is 0 Å². The fourth-order valence-electron chi connectivity index (χ4n) is 1.06. The summed E-state index contributed by atoms with van der Waals surface area (Å²) in [5, 5.41) is 0. The molecule has 3 nitrogen and oxygen atoms in total. The highest BCUT2D eigenvalue weighted by molar-refractivity contribution is 6.36. The minimum absolute atomic E-state index is 0.236. The number of hydrogen-bond donors (Lipinski definition) is 0. The number of nitrogens with zero attached hydrogens (tertiary/aromatic N) is 1. The van der Waals surface area contributed by atoms with Crippen LogP contribution >= 0.6 is 0 Å². The molecule has 0 spiro atoms. The van der Waals surface area contributed by atoms with Gasteiger partial charge in [-0.3, -0.25) is 9.59 Å². The van der Waals surface area contributed by atoms with Gasteiger partial charge in [0, 0.05) is 20.0 Å². The highest BCUT2D eigenvalue weighted by Gasteiger charge is 2.20. The van der Waals surface area contributed by atoms with E-state index in [1.165, 1.54) is 4.90 Å². The predicted molar refractivity (Wildman–Crippen MR) is 36.5 cm³/mol. The van der Waals surface area contributed by atoms with Crippen LogP contribution in [0, 0.1) is 0 Å². The lowest BCUT2D eigenvalue weighted by molar-refractivity contribution is -0.142. The van der Waals surface area contributed by atoms with E-state index in [0.29, 0.717) is 6.42 Å². The highest BCUT2D eigenvalue weighted by Crippen LogP contribution is 2.05. The first-order valence-electron chi connectivity index (χ1n) is 3.50. The molecule has 0 saturated carbocycles. The molecule has 3 heteroatoms. The van der Waals surface area contributed by atoms with Crippen LogP contribution in [0.15, 0.2) is 0 Å². The molecule has 56 valence electrons. The van der Waals surface area contributed by atoms with Crippen molar-refractivity contribution in [3.8, 4) is 0 Å². The quantitative estimate of drug-likeness (QED) is 0.452. The molecule has 0 bridgehead atoms. The lowest BCUT2D eigenvalue weighted by Crippen LogP contribution is -2.31. The van der Waals surface area contributed by atoms with Gasteiger partial charge in [-0.05, 0) is 12.8 Å². The number of ketones is 1. The van der Waals surface area contributed by atoms with E-state index in [1.54, 1.807) is 7.05 Å². The minimum atomic E-state index is -0.322. The maximum Gasteiger partial charge on any atom is 0.289 e. The molecule has 0 aromatic rings. The molecule has 0 N–H and O–H groups in total. The molecule has 1 saturated heterocycles. The second-order valence-corrected chi connectivity index (χ2v) is 2.61. The van der Waals surface area contributed by atoms with Crippen molar-refractivity contribution in [3.63, 3.8) is 0 Å². The first kappa shape index (κ1) is 7.25. The van der Waals surface area contributed by atoms with Crippen LogP contribution in [0.1, 0.15) is 19.3 Å². The Morgan fingerprint density at radius 2 is 2.00 bits per heavy atom. The van der Waals surface area contributed by atoms with Gasteiger partial charge in [-0.2, -0.15) is 0 Å². The number of likely N-dealkylation sites (tertiary alicyclic amines) is 1. The van der Waals surface area contributed by atoms with E-state index in [1.807, 2.05) is 0 Å². The van der Waals surface area contributed by atoms with Crippen molar-refractivity contribution in [2.45, 2.75) is 19.3 Å². The van der Waals surface area contributed by atoms with Crippen molar-refractivity contribution < 1.29 is 9.59 Å². The molecule has 1 rings (SSSR count). The summed E-state index contributed by atoms with van der Waals surface area (Å²) in [6.45, 7) is 0.727. The summed E-state index contributed by atoms with van der Waals surface area (Å²) in [5.74, 6) is -0.558. The van der Waals surface area contributed by atoms with Crippen molar-refractivity contribution in [2.75, 3.05) is 13.6 Å². The molecule has 0 atom stereocenters. The molecular weight excluding hydrogens is 130 g/mol. The summed E-state index contributed by atoms with van der Waals surface area (Å²) in [6.07, 6.45) is 2.24. The van der Waals surface area contributed by atoms with Crippen LogP contribution in [0.2, 0.25) is 0 Å². The van der Waals surface area contributed by atoms with Crippen LogP contribution in [0.4, 0.5) is 0 Å². The number of carbonyl (C=O) groups excluding carboxylic acids is 2. The van der Waals surface area contributed by atoms with Crippen LogP contribution in [0.5, 0.6) is 0 Å². The number of likely N-dealkylation sites (N-methyl/N-ethyl adjacent to an activating group) is 1. The third-order valence-electron chi connectivity index (χ3n) is 1.73. The van der Waals surface area contributed by atoms with Gasteiger partial charge in [-0.1, -0.05) is 0 Å². The lowest BCUT2D eigenvalue weighted by Gasteiger charge is -2.10. The van der Waals surface area contributed by atoms with E-state index in [0.717, 1.165) is 19.4 Å². The van der Waals surface area contributed by atoms with Crippen molar-refractivity contribution in [1.82, 2.24) is 4.90 Å². The lowest BCUT2D eigenvalue weighted by atomic mass is 10.2. The largest absolute Gasteiger partial charge is 0.339 e. The number of rotatable bonds is 0. The van der Waals surface area contributed by atoms with E-state index in [9.17, 15) is 9.59 Å². The third kappa shape index (κ3) is 1.35. The van der Waals surface area contributed by atoms with Crippen molar-refractivity contribution in [2.24, 2.45) is 0 Å². The Labute approximate surface area is 60.0 Å². The number of amides is 1. The summed E-state index contributed by atoms with van der Waals surface area (Å²) in [4.78, 5) is 23.3. The standard InChI is InChI=1S/C7H11NO2/c1-8-5-3-2-4-6(9)7(8)10/h2-5H2,1H3. The van der Waals surface area contributed by atoms with Crippen LogP contribution in [0.25, 0.3) is 0 Å². The van der Waals surface area contributed by atoms with Crippen LogP contribution in [-0.4, -0.2) is 30.2 Å². The summed E-state index contributed by atoms with van der Waals surface area (Å²) in [7, 11) is 1.67. The van der Waals surface area contributed by atoms with Gasteiger partial charge in [-0.25, -0.2) is 0 Å². The van der Waals surface area contributed by atoms with Gasteiger partial charge in [0.2, 0.25) is 5.78 Å². The van der Waals surface area contributed by atoms with E-state index in [-0.39, 0.29) is 11.7 Å². The van der Waals surface area contributed by atoms with Crippen molar-refractivity contribution in [1.29, 1.82) is 0 Å². The van der Waals surface area contributed by atoms with Gasteiger partial charge < -0.3 is 4.90 Å². The monoisotopic (exact) mass is 141 g/mol. The molecule has 1 aliphatic rings. The molecule has 0 aliphatic carbocycles. The number of carbonyl (C=O) groups is 2. The number of hydrogen-bond acceptors (Lipinski definition) is 2. The topological polar surface area (TPSA) is 37.4 Å². The summed E-state index contributed by atoms with van der Waals surface area (Å²) >= 11 is 0. The van der Waals surface area contributed by atoms with Gasteiger partial charge in [0.25, 0.3) is 5.91 Å². The van der Waals surface area contributed by atoms with E-state index in [2.05, 4.69) is 0 Å². The molecule has 1 heterocycles. The Balaban J connectivity index is 2.64. The Hall–Kier alpha value is -0.860. The van der Waals surface area contributed by atoms with Crippen molar-refractivity contribution >= 4 is 11.7 Å². The molecule has 0 aromatic heterocycles. The molecular formula is C7H11NO2. The highest BCUT2D eigenvalue weighted by atomic mass is 16.2. The van der Waals surface area contributed by atoms with E-state index < -0.39 is 0 Å². The van der Waals surface area contributed by atoms with Gasteiger partial charge in [-0.15, -0.1) is 0 Å². The first-order chi connectivity index (χ1) is 4.72. The first-order valence-corrected chi connectivity index (χ1v) is 3.50. The molecule has 1 fully saturated rings. The zero-order valence-electron chi connectivity index (χ0n) is 6.09. The minimum Gasteiger partial charge on any atom is -0.339 e. The summed E-state index contributed by atoms with van der Waals surface area (Å²) < 4.78 is 0. The normalized spacial score (nSPS) is 21.1. The maximum atomic E-state index is 10.9. The average Bonchev–Trinajstić information content (AvgIpc) is 2.04.